The van der Waals surface area contributed by atoms with Gasteiger partial charge < -0.3 is 14.2 Å². The second-order valence-electron chi connectivity index (χ2n) is 6.72. The van der Waals surface area contributed by atoms with Gasteiger partial charge in [-0.25, -0.2) is 4.79 Å². The third-order valence-corrected chi connectivity index (χ3v) is 5.95. The number of benzene rings is 2. The second-order valence-corrected chi connectivity index (χ2v) is 8.40. The Morgan fingerprint density at radius 2 is 1.87 bits per heavy atom. The zero-order valence-corrected chi connectivity index (χ0v) is 19.2. The van der Waals surface area contributed by atoms with Crippen LogP contribution < -0.4 is 9.47 Å². The van der Waals surface area contributed by atoms with Crippen molar-refractivity contribution in [2.75, 3.05) is 20.8 Å². The van der Waals surface area contributed by atoms with Gasteiger partial charge in [0.15, 0.2) is 11.5 Å². The van der Waals surface area contributed by atoms with Gasteiger partial charge in [0.25, 0.3) is 5.91 Å². The van der Waals surface area contributed by atoms with Gasteiger partial charge in [0.1, 0.15) is 10.9 Å². The number of nitrogens with zero attached hydrogens (tertiary/aromatic N) is 1. The summed E-state index contributed by atoms with van der Waals surface area (Å²) in [5.41, 5.74) is 2.21. The van der Waals surface area contributed by atoms with E-state index in [1.807, 2.05) is 37.3 Å². The van der Waals surface area contributed by atoms with Crippen LogP contribution in [0.15, 0.2) is 47.4 Å². The highest BCUT2D eigenvalue weighted by molar-refractivity contribution is 8.26. The Bertz CT molecular complexity index is 1020. The predicted molar refractivity (Wildman–Crippen MR) is 125 cm³/mol. The number of carbonyl (C=O) groups excluding carboxylic acids is 2. The summed E-state index contributed by atoms with van der Waals surface area (Å²) in [5, 5.41) is 0. The lowest BCUT2D eigenvalue weighted by molar-refractivity contribution is -0.122. The molecule has 2 aromatic carbocycles. The number of methoxy groups -OCH3 is 2. The first kappa shape index (κ1) is 22.8. The highest BCUT2D eigenvalue weighted by Crippen LogP contribution is 2.35. The van der Waals surface area contributed by atoms with Crippen LogP contribution >= 0.6 is 24.0 Å². The van der Waals surface area contributed by atoms with Gasteiger partial charge in [-0.2, -0.15) is 0 Å². The molecule has 0 unspecified atom stereocenters. The van der Waals surface area contributed by atoms with Gasteiger partial charge in [0, 0.05) is 6.54 Å². The zero-order valence-electron chi connectivity index (χ0n) is 17.5. The van der Waals surface area contributed by atoms with Crippen molar-refractivity contribution in [3.8, 4) is 11.5 Å². The molecule has 0 atom stereocenters. The van der Waals surface area contributed by atoms with Gasteiger partial charge in [0.05, 0.1) is 24.7 Å². The fourth-order valence-electron chi connectivity index (χ4n) is 2.98. The molecule has 0 aliphatic carbocycles. The fraction of sp³-hybridized carbons (Fsp3) is 0.261. The molecule has 0 saturated carbocycles. The van der Waals surface area contributed by atoms with Crippen molar-refractivity contribution in [1.82, 2.24) is 4.90 Å². The summed E-state index contributed by atoms with van der Waals surface area (Å²) in [4.78, 5) is 26.3. The summed E-state index contributed by atoms with van der Waals surface area (Å²) in [6, 6.07) is 12.5. The average Bonchev–Trinajstić information content (AvgIpc) is 3.05. The Hall–Kier alpha value is -2.84. The molecule has 1 aliphatic heterocycles. The standard InChI is InChI=1S/C23H23NO5S2/c1-4-11-24-21(25)20(31-23(24)30)13-16-7-10-18(19(12-16)27-2)29-14-15-5-8-17(9-6-15)22(26)28-3/h5-10,12-13H,4,11,14H2,1-3H3/b20-13-. The molecule has 8 heteroatoms. The first-order valence-corrected chi connectivity index (χ1v) is 10.9. The van der Waals surface area contributed by atoms with Crippen LogP contribution in [0.25, 0.3) is 6.08 Å². The van der Waals surface area contributed by atoms with E-state index < -0.39 is 0 Å². The minimum absolute atomic E-state index is 0.0634. The molecule has 0 N–H and O–H groups in total. The van der Waals surface area contributed by atoms with E-state index in [9.17, 15) is 9.59 Å². The highest BCUT2D eigenvalue weighted by atomic mass is 32.2. The first-order chi connectivity index (χ1) is 15.0. The SMILES string of the molecule is CCCN1C(=O)/C(=C/c2ccc(OCc3ccc(C(=O)OC)cc3)c(OC)c2)SC1=S. The number of carbonyl (C=O) groups is 2. The number of rotatable bonds is 8. The van der Waals surface area contributed by atoms with E-state index in [1.54, 1.807) is 30.2 Å². The van der Waals surface area contributed by atoms with Crippen LogP contribution in [0, 0.1) is 0 Å². The summed E-state index contributed by atoms with van der Waals surface area (Å²) in [6.45, 7) is 2.95. The number of ether oxygens (including phenoxy) is 3. The Labute approximate surface area is 191 Å². The maximum Gasteiger partial charge on any atom is 0.337 e. The lowest BCUT2D eigenvalue weighted by atomic mass is 10.1. The lowest BCUT2D eigenvalue weighted by Crippen LogP contribution is -2.28. The summed E-state index contributed by atoms with van der Waals surface area (Å²) >= 11 is 6.62. The molecule has 0 radical (unpaired) electrons. The number of esters is 1. The molecule has 1 saturated heterocycles. The molecule has 1 aliphatic rings. The second kappa shape index (κ2) is 10.5. The van der Waals surface area contributed by atoms with E-state index in [1.165, 1.54) is 18.9 Å². The van der Waals surface area contributed by atoms with E-state index >= 15 is 0 Å². The van der Waals surface area contributed by atoms with Gasteiger partial charge in [-0.3, -0.25) is 9.69 Å². The average molecular weight is 458 g/mol. The molecule has 1 amide bonds. The van der Waals surface area contributed by atoms with Crippen molar-refractivity contribution in [1.29, 1.82) is 0 Å². The van der Waals surface area contributed by atoms with Crippen molar-refractivity contribution in [3.05, 3.63) is 64.1 Å². The molecule has 31 heavy (non-hydrogen) atoms. The summed E-state index contributed by atoms with van der Waals surface area (Å²) in [6.07, 6.45) is 2.66. The number of hydrogen-bond acceptors (Lipinski definition) is 7. The van der Waals surface area contributed by atoms with Gasteiger partial charge in [-0.1, -0.05) is 49.1 Å². The van der Waals surface area contributed by atoms with Crippen molar-refractivity contribution in [3.63, 3.8) is 0 Å². The van der Waals surface area contributed by atoms with E-state index in [0.29, 0.717) is 39.4 Å². The number of thiocarbonyl (C=S) groups is 1. The van der Waals surface area contributed by atoms with Gasteiger partial charge in [-0.15, -0.1) is 0 Å². The molecule has 3 rings (SSSR count). The van der Waals surface area contributed by atoms with Crippen LogP contribution in [0.3, 0.4) is 0 Å². The van der Waals surface area contributed by atoms with E-state index in [-0.39, 0.29) is 11.9 Å². The summed E-state index contributed by atoms with van der Waals surface area (Å²) < 4.78 is 16.6. The fourth-order valence-corrected chi connectivity index (χ4v) is 4.29. The Kier molecular flexibility index (Phi) is 7.70. The highest BCUT2D eigenvalue weighted by Gasteiger charge is 2.31. The van der Waals surface area contributed by atoms with Gasteiger partial charge in [-0.05, 0) is 47.9 Å². The van der Waals surface area contributed by atoms with Crippen LogP contribution in [0.1, 0.15) is 34.8 Å². The molecule has 162 valence electrons. The van der Waals surface area contributed by atoms with Crippen LogP contribution in [-0.4, -0.2) is 41.9 Å². The number of hydrogen-bond donors (Lipinski definition) is 0. The molecular weight excluding hydrogens is 434 g/mol. The molecule has 1 fully saturated rings. The minimum atomic E-state index is -0.378. The third kappa shape index (κ3) is 5.45. The Morgan fingerprint density at radius 3 is 2.52 bits per heavy atom. The molecule has 2 aromatic rings. The Balaban J connectivity index is 1.71. The summed E-state index contributed by atoms with van der Waals surface area (Å²) in [7, 11) is 2.92. The van der Waals surface area contributed by atoms with E-state index in [2.05, 4.69) is 0 Å². The number of amides is 1. The molecule has 0 aromatic heterocycles. The van der Waals surface area contributed by atoms with Crippen molar-refractivity contribution in [2.24, 2.45) is 0 Å². The minimum Gasteiger partial charge on any atom is -0.493 e. The van der Waals surface area contributed by atoms with Crippen LogP contribution in [0.5, 0.6) is 11.5 Å². The molecular formula is C23H23NO5S2. The van der Waals surface area contributed by atoms with Crippen molar-refractivity contribution >= 4 is 46.3 Å². The van der Waals surface area contributed by atoms with E-state index in [4.69, 9.17) is 26.4 Å². The lowest BCUT2D eigenvalue weighted by Gasteiger charge is -2.12. The van der Waals surface area contributed by atoms with Gasteiger partial charge >= 0.3 is 5.97 Å². The zero-order chi connectivity index (χ0) is 22.4. The van der Waals surface area contributed by atoms with Crippen molar-refractivity contribution < 1.29 is 23.8 Å². The van der Waals surface area contributed by atoms with Crippen LogP contribution in [0.2, 0.25) is 0 Å². The van der Waals surface area contributed by atoms with Crippen molar-refractivity contribution in [2.45, 2.75) is 20.0 Å². The molecule has 6 nitrogen and oxygen atoms in total. The van der Waals surface area contributed by atoms with Crippen LogP contribution in [0.4, 0.5) is 0 Å². The Morgan fingerprint density at radius 1 is 1.13 bits per heavy atom. The van der Waals surface area contributed by atoms with Gasteiger partial charge in [0.2, 0.25) is 0 Å². The maximum absolute atomic E-state index is 12.5. The van der Waals surface area contributed by atoms with Crippen LogP contribution in [-0.2, 0) is 16.1 Å². The molecule has 0 bridgehead atoms. The number of thioether (sulfide) groups is 1. The van der Waals surface area contributed by atoms with E-state index in [0.717, 1.165) is 17.5 Å². The maximum atomic E-state index is 12.5. The largest absolute Gasteiger partial charge is 0.493 e. The molecule has 0 spiro atoms. The normalized spacial score (nSPS) is 14.8. The topological polar surface area (TPSA) is 65.1 Å². The monoisotopic (exact) mass is 457 g/mol. The molecule has 1 heterocycles. The first-order valence-electron chi connectivity index (χ1n) is 9.70. The quantitative estimate of drug-likeness (QED) is 0.324. The third-order valence-electron chi connectivity index (χ3n) is 4.58. The summed E-state index contributed by atoms with van der Waals surface area (Å²) in [5.74, 6) is 0.696. The smallest absolute Gasteiger partial charge is 0.337 e. The predicted octanol–water partition coefficient (Wildman–Crippen LogP) is 4.67.